The van der Waals surface area contributed by atoms with E-state index < -0.39 is 0 Å². The average molecular weight is 424 g/mol. The van der Waals surface area contributed by atoms with Gasteiger partial charge in [-0.05, 0) is 57.9 Å². The van der Waals surface area contributed by atoms with Crippen LogP contribution in [-0.2, 0) is 11.1 Å². The highest BCUT2D eigenvalue weighted by Gasteiger charge is 2.32. The van der Waals surface area contributed by atoms with Gasteiger partial charge in [-0.15, -0.1) is 0 Å². The molecule has 0 fully saturated rings. The van der Waals surface area contributed by atoms with E-state index in [2.05, 4.69) is 107 Å². The average Bonchev–Trinajstić information content (AvgIpc) is 3.09. The lowest BCUT2D eigenvalue weighted by Gasteiger charge is -2.39. The summed E-state index contributed by atoms with van der Waals surface area (Å²) in [6, 6.07) is 26.9. The molecule has 1 aliphatic rings. The van der Waals surface area contributed by atoms with Gasteiger partial charge in [-0.1, -0.05) is 113 Å². The van der Waals surface area contributed by atoms with Crippen LogP contribution in [0.2, 0.25) is 0 Å². The van der Waals surface area contributed by atoms with Gasteiger partial charge in [0, 0.05) is 12.5 Å². The second-order valence-electron chi connectivity index (χ2n) is 11.0. The third kappa shape index (κ3) is 4.86. The Bertz CT molecular complexity index is 997. The van der Waals surface area contributed by atoms with Gasteiger partial charge < -0.3 is 4.65 Å². The van der Waals surface area contributed by atoms with E-state index >= 15 is 0 Å². The molecule has 1 nitrogen and oxygen atoms in total. The molecule has 0 aromatic heterocycles. The number of hydrogen-bond acceptors (Lipinski definition) is 1. The van der Waals surface area contributed by atoms with Gasteiger partial charge in [0.1, 0.15) is 0 Å². The minimum absolute atomic E-state index is 0.272. The van der Waals surface area contributed by atoms with Crippen LogP contribution in [0.5, 0.6) is 0 Å². The molecule has 0 aliphatic heterocycles. The summed E-state index contributed by atoms with van der Waals surface area (Å²) in [5, 5.41) is 0. The highest BCUT2D eigenvalue weighted by atomic mass is 16.4. The molecule has 3 aromatic rings. The Morgan fingerprint density at radius 1 is 0.750 bits per heavy atom. The molecule has 0 atom stereocenters. The van der Waals surface area contributed by atoms with Crippen molar-refractivity contribution in [2.45, 2.75) is 59.8 Å². The molecule has 0 radical (unpaired) electrons. The number of aryl methyl sites for hydroxylation is 1. The molecule has 4 rings (SSSR count). The topological polar surface area (TPSA) is 9.23 Å². The molecule has 0 saturated carbocycles. The highest BCUT2D eigenvalue weighted by molar-refractivity contribution is 6.46. The van der Waals surface area contributed by atoms with E-state index in [-0.39, 0.29) is 5.41 Å². The van der Waals surface area contributed by atoms with Gasteiger partial charge >= 0.3 is 7.48 Å². The molecule has 0 heterocycles. The van der Waals surface area contributed by atoms with E-state index in [9.17, 15) is 0 Å². The summed E-state index contributed by atoms with van der Waals surface area (Å²) >= 11 is 0. The number of benzene rings is 3. The summed E-state index contributed by atoms with van der Waals surface area (Å²) in [4.78, 5) is 0. The van der Waals surface area contributed by atoms with E-state index in [1.165, 1.54) is 33.3 Å². The minimum Gasteiger partial charge on any atom is -0.434 e. The van der Waals surface area contributed by atoms with Crippen LogP contribution < -0.4 is 5.46 Å². The highest BCUT2D eigenvalue weighted by Crippen LogP contribution is 2.46. The molecule has 0 bridgehead atoms. The molecule has 0 spiro atoms. The summed E-state index contributed by atoms with van der Waals surface area (Å²) in [6.07, 6.45) is 3.32. The molecule has 0 N–H and O–H groups in total. The zero-order valence-corrected chi connectivity index (χ0v) is 20.4. The Hall–Kier alpha value is -2.32. The van der Waals surface area contributed by atoms with Crippen molar-refractivity contribution in [3.05, 3.63) is 89.5 Å². The van der Waals surface area contributed by atoms with Gasteiger partial charge in [0.15, 0.2) is 0 Å². The number of rotatable bonds is 8. The van der Waals surface area contributed by atoms with Gasteiger partial charge in [-0.3, -0.25) is 0 Å². The van der Waals surface area contributed by atoms with E-state index in [0.29, 0.717) is 18.8 Å². The smallest absolute Gasteiger partial charge is 0.308 e. The first kappa shape index (κ1) is 22.9. The Labute approximate surface area is 195 Å². The zero-order valence-electron chi connectivity index (χ0n) is 20.4. The SMILES string of the molecule is CC(C)(C)C(C)(C)CCOBc1ccc(CCC2c3ccccc3-c3ccccc32)cc1. The molecule has 166 valence electrons. The normalized spacial score (nSPS) is 13.7. The van der Waals surface area contributed by atoms with Crippen LogP contribution in [0, 0.1) is 10.8 Å². The largest absolute Gasteiger partial charge is 0.434 e. The van der Waals surface area contributed by atoms with Crippen molar-refractivity contribution in [3.8, 4) is 11.1 Å². The van der Waals surface area contributed by atoms with E-state index in [0.717, 1.165) is 25.9 Å². The first-order valence-electron chi connectivity index (χ1n) is 12.1. The molecule has 0 unspecified atom stereocenters. The van der Waals surface area contributed by atoms with Crippen LogP contribution in [0.25, 0.3) is 11.1 Å². The van der Waals surface area contributed by atoms with Crippen LogP contribution in [0.1, 0.15) is 70.1 Å². The van der Waals surface area contributed by atoms with E-state index in [1.54, 1.807) is 0 Å². The summed E-state index contributed by atoms with van der Waals surface area (Å²) in [7, 11) is 0.698. The standard InChI is InChI=1S/C30H37BO/c1-29(2,3)30(4,5)20-21-32-31-23-17-14-22(15-18-23)16-19-28-26-12-8-6-10-24(26)25-11-7-9-13-27(25)28/h6-15,17-18,28,31H,16,19-21H2,1-5H3. The Kier molecular flexibility index (Phi) is 6.63. The quantitative estimate of drug-likeness (QED) is 0.283. The van der Waals surface area contributed by atoms with Crippen molar-refractivity contribution in [2.75, 3.05) is 6.61 Å². The molecule has 3 aromatic carbocycles. The second-order valence-corrected chi connectivity index (χ2v) is 11.0. The molecule has 0 saturated heterocycles. The summed E-state index contributed by atoms with van der Waals surface area (Å²) in [6.45, 7) is 12.4. The van der Waals surface area contributed by atoms with E-state index in [1.807, 2.05) is 0 Å². The third-order valence-corrected chi connectivity index (χ3v) is 7.88. The van der Waals surface area contributed by atoms with Gasteiger partial charge in [0.05, 0.1) is 0 Å². The first-order valence-corrected chi connectivity index (χ1v) is 12.1. The Balaban J connectivity index is 1.31. The van der Waals surface area contributed by atoms with Crippen molar-refractivity contribution in [3.63, 3.8) is 0 Å². The lowest BCUT2D eigenvalue weighted by atomic mass is 9.67. The molecular formula is C30H37BO. The Morgan fingerprint density at radius 3 is 1.88 bits per heavy atom. The van der Waals surface area contributed by atoms with Crippen LogP contribution >= 0.6 is 0 Å². The maximum Gasteiger partial charge on any atom is 0.308 e. The van der Waals surface area contributed by atoms with E-state index in [4.69, 9.17) is 4.65 Å². The summed E-state index contributed by atoms with van der Waals surface area (Å²) < 4.78 is 6.01. The lowest BCUT2D eigenvalue weighted by Crippen LogP contribution is -2.31. The van der Waals surface area contributed by atoms with Crippen molar-refractivity contribution >= 4 is 12.9 Å². The van der Waals surface area contributed by atoms with Crippen LogP contribution in [0.3, 0.4) is 0 Å². The second kappa shape index (κ2) is 9.28. The monoisotopic (exact) mass is 424 g/mol. The third-order valence-electron chi connectivity index (χ3n) is 7.88. The predicted octanol–water partition coefficient (Wildman–Crippen LogP) is 6.89. The maximum atomic E-state index is 6.01. The van der Waals surface area contributed by atoms with Gasteiger partial charge in [-0.25, -0.2) is 0 Å². The summed E-state index contributed by atoms with van der Waals surface area (Å²) in [5.74, 6) is 0.497. The fraction of sp³-hybridized carbons (Fsp3) is 0.400. The van der Waals surface area contributed by atoms with Crippen molar-refractivity contribution in [1.29, 1.82) is 0 Å². The Morgan fingerprint density at radius 2 is 1.31 bits per heavy atom. The predicted molar refractivity (Wildman–Crippen MR) is 139 cm³/mol. The number of hydrogen-bond donors (Lipinski definition) is 0. The van der Waals surface area contributed by atoms with Crippen molar-refractivity contribution in [2.24, 2.45) is 10.8 Å². The molecule has 1 aliphatic carbocycles. The molecular weight excluding hydrogens is 387 g/mol. The number of fused-ring (bicyclic) bond motifs is 3. The fourth-order valence-electron chi connectivity index (χ4n) is 4.58. The van der Waals surface area contributed by atoms with Crippen LogP contribution in [0.4, 0.5) is 0 Å². The van der Waals surface area contributed by atoms with Crippen molar-refractivity contribution in [1.82, 2.24) is 0 Å². The lowest BCUT2D eigenvalue weighted by molar-refractivity contribution is 0.0974. The first-order chi connectivity index (χ1) is 15.3. The summed E-state index contributed by atoms with van der Waals surface area (Å²) in [5.41, 5.74) is 9.02. The van der Waals surface area contributed by atoms with Gasteiger partial charge in [0.2, 0.25) is 0 Å². The molecule has 32 heavy (non-hydrogen) atoms. The molecule has 0 amide bonds. The van der Waals surface area contributed by atoms with Crippen molar-refractivity contribution < 1.29 is 4.65 Å². The fourth-order valence-corrected chi connectivity index (χ4v) is 4.58. The van der Waals surface area contributed by atoms with Gasteiger partial charge in [0.25, 0.3) is 0 Å². The van der Waals surface area contributed by atoms with Crippen LogP contribution in [-0.4, -0.2) is 14.1 Å². The maximum absolute atomic E-state index is 6.01. The molecule has 2 heteroatoms. The van der Waals surface area contributed by atoms with Gasteiger partial charge in [-0.2, -0.15) is 0 Å². The zero-order chi connectivity index (χ0) is 22.8. The minimum atomic E-state index is 0.272. The van der Waals surface area contributed by atoms with Crippen LogP contribution in [0.15, 0.2) is 72.8 Å².